The van der Waals surface area contributed by atoms with Crippen LogP contribution in [-0.2, 0) is 14.2 Å². The Morgan fingerprint density at radius 2 is 1.40 bits per heavy atom. The van der Waals surface area contributed by atoms with E-state index in [4.69, 9.17) is 14.2 Å². The third kappa shape index (κ3) is 7.02. The van der Waals surface area contributed by atoms with Gasteiger partial charge in [0.05, 0.1) is 23.2 Å². The van der Waals surface area contributed by atoms with Crippen molar-refractivity contribution in [2.45, 2.75) is 146 Å². The monoisotopic (exact) mass is 634 g/mol. The van der Waals surface area contributed by atoms with Gasteiger partial charge in [0.1, 0.15) is 16.8 Å². The molecule has 3 aliphatic heterocycles. The molecular weight excluding hydrogens is 576 g/mol. The standard InChI is InChI=1S/C33H58N6O6/c1-29(2,3)43-26(40)37-15-11-21(34-10)17-23(37)22-18-33(22)20-35-19-24(39(33)28(42)45-31(7,8)9)25-32(12-13-32)38(16-14-36-25)27(41)44-30(4,5)6/h21-25,34-36H,11-20H2,1-10H3. The second-order valence-electron chi connectivity index (χ2n) is 16.9. The average Bonchev–Trinajstić information content (AvgIpc) is 3.82. The van der Waals surface area contributed by atoms with Crippen LogP contribution in [0.5, 0.6) is 0 Å². The van der Waals surface area contributed by atoms with Crippen molar-refractivity contribution in [3.8, 4) is 0 Å². The topological polar surface area (TPSA) is 125 Å². The third-order valence-corrected chi connectivity index (χ3v) is 10.0. The molecule has 3 heterocycles. The van der Waals surface area contributed by atoms with E-state index in [9.17, 15) is 14.4 Å². The van der Waals surface area contributed by atoms with Gasteiger partial charge in [0.15, 0.2) is 0 Å². The molecule has 0 bridgehead atoms. The van der Waals surface area contributed by atoms with Gasteiger partial charge in [-0.05, 0) is 101 Å². The lowest BCUT2D eigenvalue weighted by molar-refractivity contribution is -0.0415. The number of nitrogens with zero attached hydrogens (tertiary/aromatic N) is 3. The molecule has 2 spiro atoms. The van der Waals surface area contributed by atoms with Crippen molar-refractivity contribution in [1.82, 2.24) is 30.7 Å². The van der Waals surface area contributed by atoms with Gasteiger partial charge in [0.2, 0.25) is 0 Å². The highest BCUT2D eigenvalue weighted by Crippen LogP contribution is 2.57. The van der Waals surface area contributed by atoms with Crippen molar-refractivity contribution in [2.24, 2.45) is 5.92 Å². The summed E-state index contributed by atoms with van der Waals surface area (Å²) in [4.78, 5) is 47.1. The molecule has 0 aromatic rings. The molecule has 6 atom stereocenters. The lowest BCUT2D eigenvalue weighted by atomic mass is 9.87. The van der Waals surface area contributed by atoms with Gasteiger partial charge in [-0.15, -0.1) is 0 Å². The van der Waals surface area contributed by atoms with Crippen LogP contribution in [0.15, 0.2) is 0 Å². The quantitative estimate of drug-likeness (QED) is 0.399. The number of likely N-dealkylation sites (tertiary alicyclic amines) is 1. The minimum atomic E-state index is -0.678. The van der Waals surface area contributed by atoms with Crippen molar-refractivity contribution in [1.29, 1.82) is 0 Å². The van der Waals surface area contributed by atoms with E-state index in [-0.39, 0.29) is 48.4 Å². The number of amides is 3. The van der Waals surface area contributed by atoms with Gasteiger partial charge in [-0.3, -0.25) is 9.80 Å². The number of hydrogen-bond donors (Lipinski definition) is 3. The summed E-state index contributed by atoms with van der Waals surface area (Å²) in [6.07, 6.45) is 3.14. The zero-order chi connectivity index (χ0) is 33.2. The molecule has 45 heavy (non-hydrogen) atoms. The number of hydrogen-bond acceptors (Lipinski definition) is 9. The highest BCUT2D eigenvalue weighted by atomic mass is 16.6. The lowest BCUT2D eigenvalue weighted by Gasteiger charge is -2.53. The molecule has 5 aliphatic rings. The van der Waals surface area contributed by atoms with E-state index in [1.54, 1.807) is 0 Å². The maximum Gasteiger partial charge on any atom is 0.411 e. The van der Waals surface area contributed by atoms with Crippen LogP contribution in [0.4, 0.5) is 14.4 Å². The first kappa shape index (κ1) is 34.0. The van der Waals surface area contributed by atoms with Crippen molar-refractivity contribution >= 4 is 18.3 Å². The van der Waals surface area contributed by atoms with E-state index in [0.717, 1.165) is 32.1 Å². The molecule has 12 nitrogen and oxygen atoms in total. The Labute approximate surface area is 269 Å². The Morgan fingerprint density at radius 1 is 0.800 bits per heavy atom. The van der Waals surface area contributed by atoms with E-state index in [2.05, 4.69) is 16.0 Å². The molecule has 5 rings (SSSR count). The van der Waals surface area contributed by atoms with Crippen LogP contribution in [0.3, 0.4) is 0 Å². The van der Waals surface area contributed by atoms with Crippen molar-refractivity contribution in [2.75, 3.05) is 39.8 Å². The summed E-state index contributed by atoms with van der Waals surface area (Å²) in [5.41, 5.74) is -2.84. The fourth-order valence-electron chi connectivity index (χ4n) is 8.03. The molecule has 5 fully saturated rings. The summed E-state index contributed by atoms with van der Waals surface area (Å²) in [5, 5.41) is 10.8. The minimum absolute atomic E-state index is 0.0460. The largest absolute Gasteiger partial charge is 0.444 e. The normalized spacial score (nSPS) is 33.2. The summed E-state index contributed by atoms with van der Waals surface area (Å²) in [7, 11) is 1.97. The fraction of sp³-hybridized carbons (Fsp3) is 0.909. The molecule has 3 saturated heterocycles. The molecule has 12 heteroatoms. The summed E-state index contributed by atoms with van der Waals surface area (Å²) in [6.45, 7) is 20.0. The molecule has 0 radical (unpaired) electrons. The molecule has 6 unspecified atom stereocenters. The lowest BCUT2D eigenvalue weighted by Crippen LogP contribution is -2.74. The summed E-state index contributed by atoms with van der Waals surface area (Å²) in [6, 6.07) is -0.240. The zero-order valence-corrected chi connectivity index (χ0v) is 29.2. The molecule has 3 N–H and O–H groups in total. The first-order valence-electron chi connectivity index (χ1n) is 16.9. The molecule has 0 aromatic carbocycles. The minimum Gasteiger partial charge on any atom is -0.444 e. The first-order chi connectivity index (χ1) is 20.8. The van der Waals surface area contributed by atoms with Gasteiger partial charge >= 0.3 is 18.3 Å². The smallest absolute Gasteiger partial charge is 0.411 e. The average molecular weight is 635 g/mol. The Hall–Kier alpha value is -2.31. The maximum atomic E-state index is 14.3. The van der Waals surface area contributed by atoms with Crippen molar-refractivity contribution in [3.05, 3.63) is 0 Å². The van der Waals surface area contributed by atoms with Gasteiger partial charge in [-0.1, -0.05) is 0 Å². The number of nitrogens with one attached hydrogen (secondary N) is 3. The van der Waals surface area contributed by atoms with Gasteiger partial charge in [0, 0.05) is 50.7 Å². The van der Waals surface area contributed by atoms with E-state index in [1.807, 2.05) is 84.1 Å². The van der Waals surface area contributed by atoms with Gasteiger partial charge in [0.25, 0.3) is 0 Å². The van der Waals surface area contributed by atoms with Crippen LogP contribution in [0.1, 0.15) is 94.4 Å². The number of piperazine rings is 2. The Kier molecular flexibility index (Phi) is 8.88. The van der Waals surface area contributed by atoms with Crippen molar-refractivity contribution in [3.63, 3.8) is 0 Å². The summed E-state index contributed by atoms with van der Waals surface area (Å²) in [5.74, 6) is 0.0460. The second-order valence-corrected chi connectivity index (χ2v) is 16.9. The van der Waals surface area contributed by atoms with Crippen LogP contribution >= 0.6 is 0 Å². The zero-order valence-electron chi connectivity index (χ0n) is 29.2. The maximum absolute atomic E-state index is 14.3. The highest BCUT2D eigenvalue weighted by Gasteiger charge is 2.70. The van der Waals surface area contributed by atoms with Crippen LogP contribution in [0.2, 0.25) is 0 Å². The Morgan fingerprint density at radius 3 is 1.98 bits per heavy atom. The highest BCUT2D eigenvalue weighted by molar-refractivity contribution is 5.73. The van der Waals surface area contributed by atoms with Crippen LogP contribution in [0, 0.1) is 5.92 Å². The predicted molar refractivity (Wildman–Crippen MR) is 171 cm³/mol. The number of carbonyl (C=O) groups is 3. The molecule has 3 amide bonds. The van der Waals surface area contributed by atoms with Crippen LogP contribution in [-0.4, -0.2) is 125 Å². The Balaban J connectivity index is 1.47. The fourth-order valence-corrected chi connectivity index (χ4v) is 8.03. The van der Waals surface area contributed by atoms with Gasteiger partial charge in [-0.25, -0.2) is 14.4 Å². The van der Waals surface area contributed by atoms with E-state index in [1.165, 1.54) is 0 Å². The number of rotatable bonds is 3. The SMILES string of the molecule is CNC1CCN(C(=O)OC(C)(C)C)C(C2CC23CNCC(C2NCCN(C(=O)OC(C)(C)C)C24CC4)N3C(=O)OC(C)(C)C)C1. The van der Waals surface area contributed by atoms with E-state index < -0.39 is 27.9 Å². The number of ether oxygens (including phenoxy) is 3. The van der Waals surface area contributed by atoms with Crippen LogP contribution in [0.25, 0.3) is 0 Å². The molecule has 2 aliphatic carbocycles. The number of piperidine rings is 1. The molecule has 0 aromatic heterocycles. The van der Waals surface area contributed by atoms with E-state index in [0.29, 0.717) is 32.7 Å². The van der Waals surface area contributed by atoms with Crippen molar-refractivity contribution < 1.29 is 28.6 Å². The van der Waals surface area contributed by atoms with Gasteiger partial charge in [-0.2, -0.15) is 0 Å². The third-order valence-electron chi connectivity index (χ3n) is 10.0. The van der Waals surface area contributed by atoms with Gasteiger partial charge < -0.3 is 35.1 Å². The molecule has 2 saturated carbocycles. The number of carbonyl (C=O) groups excluding carboxylic acids is 3. The first-order valence-corrected chi connectivity index (χ1v) is 16.9. The van der Waals surface area contributed by atoms with E-state index >= 15 is 0 Å². The molecule has 256 valence electrons. The summed E-state index contributed by atoms with van der Waals surface area (Å²) < 4.78 is 17.9. The summed E-state index contributed by atoms with van der Waals surface area (Å²) >= 11 is 0. The second kappa shape index (κ2) is 11.7. The molecular formula is C33H58N6O6. The Bertz CT molecular complexity index is 1140. The predicted octanol–water partition coefficient (Wildman–Crippen LogP) is 3.68. The van der Waals surface area contributed by atoms with Crippen LogP contribution < -0.4 is 16.0 Å².